The van der Waals surface area contributed by atoms with Gasteiger partial charge in [0.05, 0.1) is 5.92 Å². The molecule has 4 aromatic carbocycles. The summed E-state index contributed by atoms with van der Waals surface area (Å²) in [5.74, 6) is 0.209. The first-order chi connectivity index (χ1) is 21.9. The van der Waals surface area contributed by atoms with E-state index in [1.165, 1.54) is 0 Å². The van der Waals surface area contributed by atoms with Gasteiger partial charge in [-0.15, -0.1) is 22.7 Å². The van der Waals surface area contributed by atoms with Gasteiger partial charge in [0.1, 0.15) is 17.4 Å². The first kappa shape index (κ1) is 29.1. The Hall–Kier alpha value is -4.66. The van der Waals surface area contributed by atoms with Crippen molar-refractivity contribution < 1.29 is 24.2 Å². The second kappa shape index (κ2) is 11.7. The zero-order chi connectivity index (χ0) is 31.0. The third-order valence-electron chi connectivity index (χ3n) is 8.64. The van der Waals surface area contributed by atoms with Crippen LogP contribution >= 0.6 is 22.7 Å². The van der Waals surface area contributed by atoms with Gasteiger partial charge >= 0.3 is 5.97 Å². The minimum absolute atomic E-state index is 0.0404. The van der Waals surface area contributed by atoms with Crippen molar-refractivity contribution in [2.24, 2.45) is 11.8 Å². The van der Waals surface area contributed by atoms with Gasteiger partial charge in [-0.3, -0.25) is 9.59 Å². The van der Waals surface area contributed by atoms with Crippen LogP contribution in [0, 0.1) is 11.8 Å². The number of ether oxygens (including phenoxy) is 2. The molecule has 0 unspecified atom stereocenters. The highest BCUT2D eigenvalue weighted by molar-refractivity contribution is 7.10. The number of carbonyl (C=O) groups is 2. The number of carbonyl (C=O) groups excluding carboxylic acids is 1. The Morgan fingerprint density at radius 1 is 0.667 bits per heavy atom. The number of fused-ring (bicyclic) bond motifs is 2. The number of thiophene rings is 2. The van der Waals surface area contributed by atoms with Crippen molar-refractivity contribution in [3.8, 4) is 11.5 Å². The van der Waals surface area contributed by atoms with Gasteiger partial charge < -0.3 is 19.9 Å². The molecule has 1 amide bonds. The van der Waals surface area contributed by atoms with Crippen LogP contribution in [0.1, 0.15) is 22.6 Å². The fraction of sp³-hybridized carbons (Fsp3) is 0.189. The second-order valence-electron chi connectivity index (χ2n) is 11.4. The molecule has 6 nitrogen and oxygen atoms in total. The number of rotatable bonds is 8. The fourth-order valence-electron chi connectivity index (χ4n) is 6.13. The van der Waals surface area contributed by atoms with E-state index < -0.39 is 23.1 Å². The molecule has 8 rings (SSSR count). The average Bonchev–Trinajstić information content (AvgIpc) is 3.73. The zero-order valence-corrected chi connectivity index (χ0v) is 26.1. The van der Waals surface area contributed by atoms with E-state index in [9.17, 15) is 14.7 Å². The Morgan fingerprint density at radius 2 is 1.13 bits per heavy atom. The average molecular weight is 634 g/mol. The number of amides is 1. The molecule has 2 heterocycles. The molecular weight excluding hydrogens is 603 g/mol. The zero-order valence-electron chi connectivity index (χ0n) is 24.5. The molecule has 45 heavy (non-hydrogen) atoms. The smallest absolute Gasteiger partial charge is 0.311 e. The maximum atomic E-state index is 12.2. The summed E-state index contributed by atoms with van der Waals surface area (Å²) in [5, 5.41) is 20.5. The van der Waals surface area contributed by atoms with E-state index >= 15 is 0 Å². The molecule has 2 fully saturated rings. The van der Waals surface area contributed by atoms with Crippen molar-refractivity contribution in [1.82, 2.24) is 5.32 Å². The Balaban J connectivity index is 0.000000145. The lowest BCUT2D eigenvalue weighted by Crippen LogP contribution is -2.28. The third-order valence-corrected chi connectivity index (χ3v) is 10.7. The largest absolute Gasteiger partial charge is 0.481 e. The van der Waals surface area contributed by atoms with Crippen LogP contribution in [0.15, 0.2) is 120 Å². The normalized spacial score (nSPS) is 23.0. The molecule has 0 bridgehead atoms. The third kappa shape index (κ3) is 5.34. The van der Waals surface area contributed by atoms with Crippen LogP contribution in [-0.4, -0.2) is 24.0 Å². The van der Waals surface area contributed by atoms with E-state index in [0.29, 0.717) is 6.42 Å². The Labute approximate surface area is 268 Å². The van der Waals surface area contributed by atoms with E-state index in [1.807, 2.05) is 95.7 Å². The van der Waals surface area contributed by atoms with E-state index in [2.05, 4.69) is 29.6 Å². The van der Waals surface area contributed by atoms with Crippen LogP contribution in [0.2, 0.25) is 0 Å². The highest BCUT2D eigenvalue weighted by Gasteiger charge is 2.64. The molecule has 0 spiro atoms. The van der Waals surface area contributed by atoms with Gasteiger partial charge in [-0.05, 0) is 45.8 Å². The van der Waals surface area contributed by atoms with Gasteiger partial charge in [-0.25, -0.2) is 0 Å². The topological polar surface area (TPSA) is 84.9 Å². The molecule has 4 atom stereocenters. The molecule has 226 valence electrons. The van der Waals surface area contributed by atoms with Gasteiger partial charge in [-0.2, -0.15) is 0 Å². The Morgan fingerprint density at radius 3 is 1.58 bits per heavy atom. The fourth-order valence-corrected chi connectivity index (χ4v) is 7.98. The van der Waals surface area contributed by atoms with Crippen LogP contribution in [0.4, 0.5) is 0 Å². The standard InChI is InChI=1S/C19H17NO2S.C18H14O3S/c1-20-18(21)15-12-19(15,17-10-5-11-23-17)22-16-9-4-7-13-6-2-3-8-14(13)16;19-17(20)14-11-18(14,16-9-4-10-22-16)21-15-8-3-6-12-5-1-2-7-13(12)15/h2-11,15H,12H2,1H3,(H,20,21);1-10,14H,11H2,(H,19,20)/t15-,19-;14-,18-/m00/s1. The first-order valence-electron chi connectivity index (χ1n) is 14.8. The van der Waals surface area contributed by atoms with Crippen molar-refractivity contribution in [3.63, 3.8) is 0 Å². The summed E-state index contributed by atoms with van der Waals surface area (Å²) in [5.41, 5.74) is -1.25. The van der Waals surface area contributed by atoms with Crippen LogP contribution < -0.4 is 14.8 Å². The number of carboxylic acid groups (broad SMARTS) is 1. The molecule has 2 aliphatic carbocycles. The lowest BCUT2D eigenvalue weighted by molar-refractivity contribution is -0.140. The molecule has 2 aliphatic rings. The lowest BCUT2D eigenvalue weighted by atomic mass is 10.1. The van der Waals surface area contributed by atoms with E-state index in [-0.39, 0.29) is 11.8 Å². The Bertz CT molecular complexity index is 1980. The molecule has 0 aliphatic heterocycles. The van der Waals surface area contributed by atoms with Crippen LogP contribution in [0.5, 0.6) is 11.5 Å². The summed E-state index contributed by atoms with van der Waals surface area (Å²) in [6, 6.07) is 36.0. The van der Waals surface area contributed by atoms with Crippen molar-refractivity contribution in [2.75, 3.05) is 7.05 Å². The van der Waals surface area contributed by atoms with Gasteiger partial charge in [0.25, 0.3) is 0 Å². The quantitative estimate of drug-likeness (QED) is 0.176. The lowest BCUT2D eigenvalue weighted by Gasteiger charge is -2.20. The molecule has 0 radical (unpaired) electrons. The van der Waals surface area contributed by atoms with Crippen molar-refractivity contribution >= 4 is 56.1 Å². The van der Waals surface area contributed by atoms with E-state index in [1.54, 1.807) is 29.7 Å². The van der Waals surface area contributed by atoms with Gasteiger partial charge in [0.15, 0.2) is 11.2 Å². The van der Waals surface area contributed by atoms with Crippen molar-refractivity contribution in [3.05, 3.63) is 130 Å². The van der Waals surface area contributed by atoms with E-state index in [0.717, 1.165) is 49.2 Å². The van der Waals surface area contributed by atoms with E-state index in [4.69, 9.17) is 9.47 Å². The molecule has 2 N–H and O–H groups in total. The number of carboxylic acids is 1. The SMILES string of the molecule is CNC(=O)[C@@H]1C[C@@]1(Oc1cccc2ccccc12)c1cccs1.O=C(O)[C@@H]1C[C@@]1(Oc1cccc2ccccc12)c1cccs1. The molecule has 2 saturated carbocycles. The summed E-state index contributed by atoms with van der Waals surface area (Å²) in [7, 11) is 1.68. The molecule has 0 saturated heterocycles. The molecule has 8 heteroatoms. The number of benzene rings is 4. The summed E-state index contributed by atoms with van der Waals surface area (Å²) in [6.07, 6.45) is 1.24. The predicted molar refractivity (Wildman–Crippen MR) is 179 cm³/mol. The summed E-state index contributed by atoms with van der Waals surface area (Å²) >= 11 is 3.19. The molecule has 2 aromatic heterocycles. The number of hydrogen-bond donors (Lipinski definition) is 2. The monoisotopic (exact) mass is 633 g/mol. The maximum Gasteiger partial charge on any atom is 0.311 e. The first-order valence-corrected chi connectivity index (χ1v) is 16.6. The number of aliphatic carboxylic acids is 1. The minimum Gasteiger partial charge on any atom is -0.481 e. The van der Waals surface area contributed by atoms with Crippen molar-refractivity contribution in [1.29, 1.82) is 0 Å². The maximum absolute atomic E-state index is 12.2. The van der Waals surface area contributed by atoms with Crippen LogP contribution in [0.3, 0.4) is 0 Å². The Kier molecular flexibility index (Phi) is 7.55. The van der Waals surface area contributed by atoms with Gasteiger partial charge in [0.2, 0.25) is 5.91 Å². The number of hydrogen-bond acceptors (Lipinski definition) is 6. The summed E-state index contributed by atoms with van der Waals surface area (Å²) in [6.45, 7) is 0. The minimum atomic E-state index is -0.798. The second-order valence-corrected chi connectivity index (χ2v) is 13.3. The predicted octanol–water partition coefficient (Wildman–Crippen LogP) is 8.22. The highest BCUT2D eigenvalue weighted by Crippen LogP contribution is 2.58. The molecular formula is C37H31NO5S2. The van der Waals surface area contributed by atoms with Gasteiger partial charge in [0, 0.05) is 40.4 Å². The van der Waals surface area contributed by atoms with Crippen LogP contribution in [0.25, 0.3) is 21.5 Å². The van der Waals surface area contributed by atoms with Gasteiger partial charge in [-0.1, -0.05) is 84.9 Å². The summed E-state index contributed by atoms with van der Waals surface area (Å²) < 4.78 is 12.7. The van der Waals surface area contributed by atoms with Crippen LogP contribution in [-0.2, 0) is 20.8 Å². The summed E-state index contributed by atoms with van der Waals surface area (Å²) in [4.78, 5) is 25.7. The van der Waals surface area contributed by atoms with Crippen molar-refractivity contribution in [2.45, 2.75) is 24.0 Å². The number of nitrogens with one attached hydrogen (secondary N) is 1. The highest BCUT2D eigenvalue weighted by atomic mass is 32.1. The molecule has 6 aromatic rings.